The Balaban J connectivity index is 2.50. The lowest BCUT2D eigenvalue weighted by Crippen LogP contribution is -1.99. The molecule has 2 N–H and O–H groups in total. The van der Waals surface area contributed by atoms with Crippen LogP contribution in [0.5, 0.6) is 11.5 Å². The fourth-order valence-electron chi connectivity index (χ4n) is 1.68. The summed E-state index contributed by atoms with van der Waals surface area (Å²) in [7, 11) is 0. The third-order valence-corrected chi connectivity index (χ3v) is 2.77. The van der Waals surface area contributed by atoms with Gasteiger partial charge >= 0.3 is 0 Å². The van der Waals surface area contributed by atoms with E-state index in [0.29, 0.717) is 10.9 Å². The lowest BCUT2D eigenvalue weighted by Gasteiger charge is -2.04. The Kier molecular flexibility index (Phi) is 3.20. The summed E-state index contributed by atoms with van der Waals surface area (Å²) in [4.78, 5) is 11.6. The van der Waals surface area contributed by atoms with E-state index in [-0.39, 0.29) is 29.6 Å². The standard InChI is InChI=1S/C13H11ClO3/c14-4-3-11(15)9-2-1-8-6-12(16)13(17)7-10(8)5-9/h1-2,5-7,16-17H,3-4H2. The van der Waals surface area contributed by atoms with Crippen LogP contribution in [0.4, 0.5) is 0 Å². The molecular weight excluding hydrogens is 240 g/mol. The molecule has 88 valence electrons. The van der Waals surface area contributed by atoms with Gasteiger partial charge < -0.3 is 10.2 Å². The van der Waals surface area contributed by atoms with Crippen molar-refractivity contribution in [2.45, 2.75) is 6.42 Å². The Morgan fingerprint density at radius 2 is 1.71 bits per heavy atom. The molecule has 4 heteroatoms. The summed E-state index contributed by atoms with van der Waals surface area (Å²) in [5, 5.41) is 20.2. The summed E-state index contributed by atoms with van der Waals surface area (Å²) >= 11 is 5.52. The van der Waals surface area contributed by atoms with Gasteiger partial charge in [0.1, 0.15) is 0 Å². The first-order valence-electron chi connectivity index (χ1n) is 5.16. The fraction of sp³-hybridized carbons (Fsp3) is 0.154. The number of ketones is 1. The van der Waals surface area contributed by atoms with Crippen LogP contribution in [0.2, 0.25) is 0 Å². The molecule has 0 amide bonds. The molecule has 0 spiro atoms. The van der Waals surface area contributed by atoms with Crippen molar-refractivity contribution in [3.63, 3.8) is 0 Å². The second-order valence-corrected chi connectivity index (χ2v) is 4.14. The first kappa shape index (κ1) is 11.7. The minimum atomic E-state index is -0.195. The molecule has 0 aliphatic heterocycles. The Labute approximate surface area is 103 Å². The van der Waals surface area contributed by atoms with Crippen molar-refractivity contribution in [1.82, 2.24) is 0 Å². The number of hydrogen-bond donors (Lipinski definition) is 2. The van der Waals surface area contributed by atoms with Crippen molar-refractivity contribution in [3.8, 4) is 11.5 Å². The minimum absolute atomic E-state index is 0.0329. The second kappa shape index (κ2) is 4.63. The van der Waals surface area contributed by atoms with E-state index in [9.17, 15) is 15.0 Å². The van der Waals surface area contributed by atoms with Gasteiger partial charge in [-0.1, -0.05) is 12.1 Å². The van der Waals surface area contributed by atoms with E-state index in [0.717, 1.165) is 5.39 Å². The highest BCUT2D eigenvalue weighted by atomic mass is 35.5. The SMILES string of the molecule is O=C(CCCl)c1ccc2cc(O)c(O)cc2c1. The van der Waals surface area contributed by atoms with Gasteiger partial charge in [-0.25, -0.2) is 0 Å². The van der Waals surface area contributed by atoms with E-state index < -0.39 is 0 Å². The van der Waals surface area contributed by atoms with Gasteiger partial charge in [0.05, 0.1) is 0 Å². The number of Topliss-reactive ketones (excluding diaryl/α,β-unsaturated/α-hetero) is 1. The summed E-state index contributed by atoms with van der Waals surface area (Å²) in [5.41, 5.74) is 0.559. The van der Waals surface area contributed by atoms with E-state index in [1.807, 2.05) is 0 Å². The van der Waals surface area contributed by atoms with Crippen LogP contribution in [-0.2, 0) is 0 Å². The van der Waals surface area contributed by atoms with Gasteiger partial charge in [-0.05, 0) is 29.0 Å². The minimum Gasteiger partial charge on any atom is -0.504 e. The predicted molar refractivity (Wildman–Crippen MR) is 66.9 cm³/mol. The molecule has 17 heavy (non-hydrogen) atoms. The van der Waals surface area contributed by atoms with Crippen LogP contribution in [0.1, 0.15) is 16.8 Å². The van der Waals surface area contributed by atoms with E-state index in [2.05, 4.69) is 0 Å². The number of benzene rings is 2. The zero-order chi connectivity index (χ0) is 12.4. The smallest absolute Gasteiger partial charge is 0.164 e. The number of fused-ring (bicyclic) bond motifs is 1. The number of rotatable bonds is 3. The average molecular weight is 251 g/mol. The number of phenols is 2. The highest BCUT2D eigenvalue weighted by Gasteiger charge is 2.07. The van der Waals surface area contributed by atoms with Crippen molar-refractivity contribution in [2.75, 3.05) is 5.88 Å². The van der Waals surface area contributed by atoms with Crippen molar-refractivity contribution in [2.24, 2.45) is 0 Å². The molecule has 2 aromatic rings. The van der Waals surface area contributed by atoms with Gasteiger partial charge in [0, 0.05) is 17.9 Å². The normalized spacial score (nSPS) is 10.6. The molecule has 0 saturated carbocycles. The first-order chi connectivity index (χ1) is 8.11. The highest BCUT2D eigenvalue weighted by Crippen LogP contribution is 2.30. The lowest BCUT2D eigenvalue weighted by atomic mass is 10.0. The molecular formula is C13H11ClO3. The Hall–Kier alpha value is -1.74. The Morgan fingerprint density at radius 3 is 2.35 bits per heavy atom. The van der Waals surface area contributed by atoms with E-state index in [1.165, 1.54) is 12.1 Å². The number of halogens is 1. The molecule has 0 fully saturated rings. The fourth-order valence-corrected chi connectivity index (χ4v) is 1.85. The van der Waals surface area contributed by atoms with Crippen LogP contribution >= 0.6 is 11.6 Å². The summed E-state index contributed by atoms with van der Waals surface area (Å²) in [6, 6.07) is 8.00. The molecule has 0 saturated heterocycles. The van der Waals surface area contributed by atoms with Gasteiger partial charge in [0.25, 0.3) is 0 Å². The molecule has 0 unspecified atom stereocenters. The van der Waals surface area contributed by atoms with Crippen LogP contribution in [0.3, 0.4) is 0 Å². The number of hydrogen-bond acceptors (Lipinski definition) is 3. The van der Waals surface area contributed by atoms with E-state index >= 15 is 0 Å². The average Bonchev–Trinajstić information content (AvgIpc) is 2.30. The van der Waals surface area contributed by atoms with Crippen LogP contribution in [0, 0.1) is 0 Å². The second-order valence-electron chi connectivity index (χ2n) is 3.77. The van der Waals surface area contributed by atoms with Gasteiger partial charge in [-0.3, -0.25) is 4.79 Å². The number of aromatic hydroxyl groups is 2. The monoisotopic (exact) mass is 250 g/mol. The summed E-state index contributed by atoms with van der Waals surface area (Å²) in [6.07, 6.45) is 0.289. The first-order valence-corrected chi connectivity index (χ1v) is 5.70. The van der Waals surface area contributed by atoms with Gasteiger partial charge in [-0.15, -0.1) is 11.6 Å². The van der Waals surface area contributed by atoms with Gasteiger partial charge in [0.2, 0.25) is 0 Å². The molecule has 0 bridgehead atoms. The van der Waals surface area contributed by atoms with Crippen LogP contribution in [0.25, 0.3) is 10.8 Å². The maximum Gasteiger partial charge on any atom is 0.164 e. The molecule has 0 aliphatic carbocycles. The maximum atomic E-state index is 11.6. The van der Waals surface area contributed by atoms with Crippen molar-refractivity contribution >= 4 is 28.2 Å². The Bertz CT molecular complexity index is 578. The molecule has 0 atom stereocenters. The number of carbonyl (C=O) groups is 1. The number of carbonyl (C=O) groups excluding carboxylic acids is 1. The Morgan fingerprint density at radius 1 is 1.06 bits per heavy atom. The van der Waals surface area contributed by atoms with Crippen LogP contribution in [-0.4, -0.2) is 21.9 Å². The van der Waals surface area contributed by atoms with Crippen LogP contribution in [0.15, 0.2) is 30.3 Å². The maximum absolute atomic E-state index is 11.6. The third kappa shape index (κ3) is 2.34. The largest absolute Gasteiger partial charge is 0.504 e. The lowest BCUT2D eigenvalue weighted by molar-refractivity contribution is 0.0989. The quantitative estimate of drug-likeness (QED) is 0.500. The van der Waals surface area contributed by atoms with E-state index in [4.69, 9.17) is 11.6 Å². The van der Waals surface area contributed by atoms with Crippen molar-refractivity contribution < 1.29 is 15.0 Å². The third-order valence-electron chi connectivity index (χ3n) is 2.58. The molecule has 0 radical (unpaired) electrons. The molecule has 3 nitrogen and oxygen atoms in total. The summed E-state index contributed by atoms with van der Waals surface area (Å²) in [6.45, 7) is 0. The summed E-state index contributed by atoms with van der Waals surface area (Å²) in [5.74, 6) is -0.108. The highest BCUT2D eigenvalue weighted by molar-refractivity contribution is 6.19. The number of alkyl halides is 1. The predicted octanol–water partition coefficient (Wildman–Crippen LogP) is 3.06. The summed E-state index contributed by atoms with van der Waals surface area (Å²) < 4.78 is 0. The van der Waals surface area contributed by atoms with E-state index in [1.54, 1.807) is 18.2 Å². The molecule has 0 aliphatic rings. The zero-order valence-corrected chi connectivity index (χ0v) is 9.74. The van der Waals surface area contributed by atoms with Crippen molar-refractivity contribution in [1.29, 1.82) is 0 Å². The van der Waals surface area contributed by atoms with Gasteiger partial charge in [-0.2, -0.15) is 0 Å². The van der Waals surface area contributed by atoms with Gasteiger partial charge in [0.15, 0.2) is 17.3 Å². The molecule has 2 rings (SSSR count). The van der Waals surface area contributed by atoms with Crippen LogP contribution < -0.4 is 0 Å². The number of phenolic OH excluding ortho intramolecular Hbond substituents is 2. The topological polar surface area (TPSA) is 57.5 Å². The zero-order valence-electron chi connectivity index (χ0n) is 8.98. The molecule has 0 aromatic heterocycles. The molecule has 0 heterocycles. The molecule has 2 aromatic carbocycles. The van der Waals surface area contributed by atoms with Crippen molar-refractivity contribution in [3.05, 3.63) is 35.9 Å².